The van der Waals surface area contributed by atoms with Crippen molar-refractivity contribution in [2.24, 2.45) is 0 Å². The molecule has 0 saturated carbocycles. The van der Waals surface area contributed by atoms with Gasteiger partial charge in [0.25, 0.3) is 0 Å². The van der Waals surface area contributed by atoms with Gasteiger partial charge >= 0.3 is 0 Å². The number of carbonyl (C=O) groups is 1. The molecule has 0 unspecified atom stereocenters. The number of aromatic nitrogens is 2. The Bertz CT molecular complexity index is 720. The number of nitrogen functional groups attached to an aromatic ring is 1. The summed E-state index contributed by atoms with van der Waals surface area (Å²) in [4.78, 5) is 20.8. The quantitative estimate of drug-likeness (QED) is 0.656. The standard InChI is InChI=1S/C18H24N6O/c1-12(2)24-18(7-8-20-11-18)16(25)23-15-5-3-13(4-6-15)14-9-21-17(19)22-10-14/h3-6,9-10,12,20,24H,7-8,11H2,1-2H3,(H,23,25)(H2,19,21,22)/t18-/m0/s1. The SMILES string of the molecule is CC(C)N[C@@]1(C(=O)Nc2ccc(-c3cnc(N)nc3)cc2)CCNC1. The summed E-state index contributed by atoms with van der Waals surface area (Å²) < 4.78 is 0. The molecule has 0 spiro atoms. The van der Waals surface area contributed by atoms with Gasteiger partial charge in [-0.3, -0.25) is 10.1 Å². The minimum Gasteiger partial charge on any atom is -0.368 e. The molecule has 5 N–H and O–H groups in total. The third-order valence-corrected chi connectivity index (χ3v) is 4.30. The number of hydrogen-bond acceptors (Lipinski definition) is 6. The van der Waals surface area contributed by atoms with Gasteiger partial charge in [0.05, 0.1) is 0 Å². The summed E-state index contributed by atoms with van der Waals surface area (Å²) in [6.45, 7) is 5.58. The average molecular weight is 340 g/mol. The van der Waals surface area contributed by atoms with Gasteiger partial charge in [-0.1, -0.05) is 12.1 Å². The molecule has 7 nitrogen and oxygen atoms in total. The van der Waals surface area contributed by atoms with E-state index in [0.717, 1.165) is 29.8 Å². The van der Waals surface area contributed by atoms with E-state index in [1.54, 1.807) is 12.4 Å². The van der Waals surface area contributed by atoms with Crippen LogP contribution in [0.3, 0.4) is 0 Å². The van der Waals surface area contributed by atoms with Crippen LogP contribution < -0.4 is 21.7 Å². The minimum absolute atomic E-state index is 0.00484. The molecule has 0 bridgehead atoms. The van der Waals surface area contributed by atoms with Crippen LogP contribution in [0.4, 0.5) is 11.6 Å². The van der Waals surface area contributed by atoms with E-state index in [1.165, 1.54) is 0 Å². The molecule has 3 rings (SSSR count). The predicted octanol–water partition coefficient (Wildman–Crippen LogP) is 1.39. The first kappa shape index (κ1) is 17.3. The highest BCUT2D eigenvalue weighted by molar-refractivity contribution is 5.98. The van der Waals surface area contributed by atoms with Crippen molar-refractivity contribution < 1.29 is 4.79 Å². The molecule has 2 aromatic rings. The summed E-state index contributed by atoms with van der Waals surface area (Å²) in [7, 11) is 0. The van der Waals surface area contributed by atoms with E-state index in [9.17, 15) is 4.79 Å². The second kappa shape index (κ2) is 7.16. The van der Waals surface area contributed by atoms with Crippen molar-refractivity contribution in [3.05, 3.63) is 36.7 Å². The van der Waals surface area contributed by atoms with Crippen LogP contribution in [0.15, 0.2) is 36.7 Å². The van der Waals surface area contributed by atoms with Crippen LogP contribution in [0.25, 0.3) is 11.1 Å². The van der Waals surface area contributed by atoms with Crippen molar-refractivity contribution in [1.29, 1.82) is 0 Å². The average Bonchev–Trinajstić information content (AvgIpc) is 3.05. The maximum Gasteiger partial charge on any atom is 0.246 e. The zero-order valence-corrected chi connectivity index (χ0v) is 14.5. The minimum atomic E-state index is -0.558. The second-order valence-electron chi connectivity index (χ2n) is 6.67. The molecular weight excluding hydrogens is 316 g/mol. The van der Waals surface area contributed by atoms with Crippen LogP contribution in [-0.4, -0.2) is 40.5 Å². The van der Waals surface area contributed by atoms with Crippen molar-refractivity contribution in [3.8, 4) is 11.1 Å². The summed E-state index contributed by atoms with van der Waals surface area (Å²) in [5.74, 6) is 0.246. The van der Waals surface area contributed by atoms with E-state index in [1.807, 2.05) is 24.3 Å². The Morgan fingerprint density at radius 3 is 2.44 bits per heavy atom. The molecule has 132 valence electrons. The smallest absolute Gasteiger partial charge is 0.246 e. The number of nitrogens with one attached hydrogen (secondary N) is 3. The van der Waals surface area contributed by atoms with Crippen molar-refractivity contribution in [1.82, 2.24) is 20.6 Å². The largest absolute Gasteiger partial charge is 0.368 e. The van der Waals surface area contributed by atoms with Crippen LogP contribution in [0.5, 0.6) is 0 Å². The molecule has 25 heavy (non-hydrogen) atoms. The Hall–Kier alpha value is -2.51. The number of amides is 1. The summed E-state index contributed by atoms with van der Waals surface area (Å²) in [5.41, 5.74) is 7.56. The van der Waals surface area contributed by atoms with Gasteiger partial charge in [-0.25, -0.2) is 9.97 Å². The van der Waals surface area contributed by atoms with E-state index in [-0.39, 0.29) is 17.9 Å². The lowest BCUT2D eigenvalue weighted by Gasteiger charge is -2.30. The Balaban J connectivity index is 1.72. The molecule has 1 saturated heterocycles. The third-order valence-electron chi connectivity index (χ3n) is 4.30. The van der Waals surface area contributed by atoms with Crippen LogP contribution in [0, 0.1) is 0 Å². The molecule has 0 aliphatic carbocycles. The normalized spacial score (nSPS) is 20.0. The van der Waals surface area contributed by atoms with Gasteiger partial charge in [0.1, 0.15) is 5.54 Å². The maximum absolute atomic E-state index is 12.8. The van der Waals surface area contributed by atoms with Gasteiger partial charge in [-0.2, -0.15) is 0 Å². The number of rotatable bonds is 5. The third kappa shape index (κ3) is 3.94. The van der Waals surface area contributed by atoms with Gasteiger partial charge < -0.3 is 16.4 Å². The summed E-state index contributed by atoms with van der Waals surface area (Å²) in [5, 5.41) is 9.71. The Kier molecular flexibility index (Phi) is 4.96. The topological polar surface area (TPSA) is 105 Å². The molecule has 1 atom stereocenters. The summed E-state index contributed by atoms with van der Waals surface area (Å²) >= 11 is 0. The van der Waals surface area contributed by atoms with Crippen LogP contribution >= 0.6 is 0 Å². The summed E-state index contributed by atoms with van der Waals surface area (Å²) in [6, 6.07) is 7.86. The van der Waals surface area contributed by atoms with E-state index >= 15 is 0 Å². The predicted molar refractivity (Wildman–Crippen MR) is 99.0 cm³/mol. The van der Waals surface area contributed by atoms with E-state index in [4.69, 9.17) is 5.73 Å². The highest BCUT2D eigenvalue weighted by Crippen LogP contribution is 2.22. The first-order valence-corrected chi connectivity index (χ1v) is 8.46. The Morgan fingerprint density at radius 1 is 1.20 bits per heavy atom. The van der Waals surface area contributed by atoms with Gasteiger partial charge in [-0.05, 0) is 44.5 Å². The Labute approximate surface area is 147 Å². The van der Waals surface area contributed by atoms with Crippen molar-refractivity contribution in [2.45, 2.75) is 31.8 Å². The van der Waals surface area contributed by atoms with Gasteiger partial charge in [0.2, 0.25) is 11.9 Å². The number of anilines is 2. The molecule has 1 aromatic heterocycles. The molecule has 1 aromatic carbocycles. The lowest BCUT2D eigenvalue weighted by molar-refractivity contribution is -0.122. The fourth-order valence-electron chi connectivity index (χ4n) is 3.11. The van der Waals surface area contributed by atoms with Crippen molar-refractivity contribution in [2.75, 3.05) is 24.1 Å². The zero-order chi connectivity index (χ0) is 17.9. The lowest BCUT2D eigenvalue weighted by atomic mass is 9.96. The van der Waals surface area contributed by atoms with Gasteiger partial charge in [0, 0.05) is 36.2 Å². The highest BCUT2D eigenvalue weighted by Gasteiger charge is 2.41. The van der Waals surface area contributed by atoms with Crippen LogP contribution in [0.1, 0.15) is 20.3 Å². The first-order valence-electron chi connectivity index (χ1n) is 8.46. The van der Waals surface area contributed by atoms with Crippen LogP contribution in [0.2, 0.25) is 0 Å². The molecule has 7 heteroatoms. The maximum atomic E-state index is 12.8. The second-order valence-corrected chi connectivity index (χ2v) is 6.67. The van der Waals surface area contributed by atoms with E-state index in [0.29, 0.717) is 6.54 Å². The first-order chi connectivity index (χ1) is 12.0. The number of hydrogen-bond donors (Lipinski definition) is 4. The van der Waals surface area contributed by atoms with Crippen molar-refractivity contribution >= 4 is 17.5 Å². The molecule has 2 heterocycles. The molecular formula is C18H24N6O. The highest BCUT2D eigenvalue weighted by atomic mass is 16.2. The zero-order valence-electron chi connectivity index (χ0n) is 14.5. The molecule has 0 radical (unpaired) electrons. The number of nitrogens with zero attached hydrogens (tertiary/aromatic N) is 2. The van der Waals surface area contributed by atoms with Gasteiger partial charge in [-0.15, -0.1) is 0 Å². The number of carbonyl (C=O) groups excluding carboxylic acids is 1. The molecule has 1 aliphatic heterocycles. The fraction of sp³-hybridized carbons (Fsp3) is 0.389. The van der Waals surface area contributed by atoms with E-state index < -0.39 is 5.54 Å². The molecule has 1 fully saturated rings. The van der Waals surface area contributed by atoms with E-state index in [2.05, 4.69) is 39.8 Å². The fourth-order valence-corrected chi connectivity index (χ4v) is 3.11. The summed E-state index contributed by atoms with van der Waals surface area (Å²) in [6.07, 6.45) is 4.14. The molecule has 1 amide bonds. The van der Waals surface area contributed by atoms with Crippen LogP contribution in [-0.2, 0) is 4.79 Å². The van der Waals surface area contributed by atoms with Gasteiger partial charge in [0.15, 0.2) is 0 Å². The van der Waals surface area contributed by atoms with Crippen molar-refractivity contribution in [3.63, 3.8) is 0 Å². The lowest BCUT2D eigenvalue weighted by Crippen LogP contribution is -2.58. The Morgan fingerprint density at radius 2 is 1.88 bits per heavy atom. The number of benzene rings is 1. The molecule has 1 aliphatic rings. The number of nitrogens with two attached hydrogens (primary N) is 1. The monoisotopic (exact) mass is 340 g/mol.